The van der Waals surface area contributed by atoms with Gasteiger partial charge in [0.25, 0.3) is 15.2 Å². The second kappa shape index (κ2) is 14.6. The fourth-order valence-corrected chi connectivity index (χ4v) is 7.83. The Balaban J connectivity index is 0.000000385. The molecule has 0 saturated carbocycles. The van der Waals surface area contributed by atoms with Gasteiger partial charge >= 0.3 is 0 Å². The molecular weight excluding hydrogens is 659 g/mol. The minimum absolute atomic E-state index is 0.00332. The zero-order chi connectivity index (χ0) is 34.7. The number of piperidine rings is 1. The van der Waals surface area contributed by atoms with Crippen LogP contribution in [-0.2, 0) is 31.2 Å². The van der Waals surface area contributed by atoms with Gasteiger partial charge in [-0.1, -0.05) is 23.8 Å². The maximum Gasteiger partial charge on any atom is 0.294 e. The number of halogens is 3. The van der Waals surface area contributed by atoms with Gasteiger partial charge < -0.3 is 11.5 Å². The van der Waals surface area contributed by atoms with E-state index < -0.39 is 54.5 Å². The Kier molecular flexibility index (Phi) is 11.3. The summed E-state index contributed by atoms with van der Waals surface area (Å²) in [4.78, 5) is 25.8. The lowest BCUT2D eigenvalue weighted by Crippen LogP contribution is -2.48. The number of benzene rings is 3. The van der Waals surface area contributed by atoms with Gasteiger partial charge in [0.05, 0.1) is 9.79 Å². The van der Waals surface area contributed by atoms with Crippen molar-refractivity contribution in [3.8, 4) is 0 Å². The van der Waals surface area contributed by atoms with Crippen LogP contribution >= 0.6 is 0 Å². The lowest BCUT2D eigenvalue weighted by atomic mass is 9.82. The number of hydrogen-bond acceptors (Lipinski definition) is 8. The lowest BCUT2D eigenvalue weighted by molar-refractivity contribution is -0.112. The number of fused-ring (bicyclic) bond motifs is 2. The van der Waals surface area contributed by atoms with Crippen molar-refractivity contribution < 1.29 is 44.1 Å². The highest BCUT2D eigenvalue weighted by atomic mass is 32.2. The molecule has 254 valence electrons. The number of carbonyl (C=O) groups excluding carboxylic acids is 2. The summed E-state index contributed by atoms with van der Waals surface area (Å²) in [6.07, 6.45) is 2.99. The summed E-state index contributed by atoms with van der Waals surface area (Å²) in [6, 6.07) is 12.2. The highest BCUT2D eigenvalue weighted by Gasteiger charge is 2.42. The van der Waals surface area contributed by atoms with Crippen molar-refractivity contribution in [2.24, 2.45) is 17.4 Å². The normalized spacial score (nSPS) is 20.3. The predicted octanol–water partition coefficient (Wildman–Crippen LogP) is 3.95. The van der Waals surface area contributed by atoms with Gasteiger partial charge in [0, 0.05) is 42.7 Å². The van der Waals surface area contributed by atoms with E-state index in [-0.39, 0.29) is 58.3 Å². The number of aryl methyl sites for hydroxylation is 1. The van der Waals surface area contributed by atoms with E-state index in [4.69, 9.17) is 16.0 Å². The summed E-state index contributed by atoms with van der Waals surface area (Å²) >= 11 is 0. The maximum absolute atomic E-state index is 14.1. The zero-order valence-electron chi connectivity index (χ0n) is 25.5. The minimum Gasteiger partial charge on any atom is -0.366 e. The number of sulfone groups is 1. The molecule has 3 aromatic carbocycles. The van der Waals surface area contributed by atoms with Gasteiger partial charge in [0.15, 0.2) is 11.6 Å². The Morgan fingerprint density at radius 3 is 2.06 bits per heavy atom. The maximum atomic E-state index is 14.1. The van der Waals surface area contributed by atoms with Crippen LogP contribution in [0.25, 0.3) is 0 Å². The van der Waals surface area contributed by atoms with E-state index in [1.807, 2.05) is 6.92 Å². The van der Waals surface area contributed by atoms with Crippen LogP contribution in [0, 0.1) is 30.3 Å². The molecule has 5 N–H and O–H groups in total. The number of primary amides is 1. The van der Waals surface area contributed by atoms with Crippen LogP contribution in [0.2, 0.25) is 0 Å². The van der Waals surface area contributed by atoms with Crippen LogP contribution in [0.15, 0.2) is 70.5 Å². The Morgan fingerprint density at radius 1 is 0.894 bits per heavy atom. The Labute approximate surface area is 271 Å². The highest BCUT2D eigenvalue weighted by Crippen LogP contribution is 2.40. The first-order valence-electron chi connectivity index (χ1n) is 14.8. The standard InChI is InChI=1S/C25H28F3N3O4S.C7H8O3S/c26-20-13-22(28)21(27)11-15(20)12-23(29)16-8-17-4-5-18(9-16)31(17)7-6-24(32)36(34,35)19-3-1-2-14(10-19)25(30)33;1-6-2-4-7(5-3-6)11(8,9)10/h1-3,10-11,13,16-18,23H,4-9,12,29H2,(H2,30,33);2-5H,1H3,(H,8,9,10)/t16-,17-,18+,23-;/m1./s1. The lowest BCUT2D eigenvalue weighted by Gasteiger charge is -2.41. The van der Waals surface area contributed by atoms with E-state index in [1.54, 1.807) is 12.1 Å². The minimum atomic E-state index is -4.27. The molecule has 3 aromatic rings. The Bertz CT molecular complexity index is 1840. The number of amides is 1. The molecule has 2 heterocycles. The first-order chi connectivity index (χ1) is 22.0. The number of nitrogens with two attached hydrogens (primary N) is 2. The summed E-state index contributed by atoms with van der Waals surface area (Å²) in [5.74, 6) is -3.94. The fourth-order valence-electron chi connectivity index (χ4n) is 6.18. The van der Waals surface area contributed by atoms with Gasteiger partial charge in [-0.2, -0.15) is 8.42 Å². The molecule has 0 aromatic heterocycles. The second-order valence-electron chi connectivity index (χ2n) is 11.9. The zero-order valence-corrected chi connectivity index (χ0v) is 27.1. The summed E-state index contributed by atoms with van der Waals surface area (Å²) < 4.78 is 95.9. The highest BCUT2D eigenvalue weighted by molar-refractivity contribution is 8.06. The van der Waals surface area contributed by atoms with Crippen molar-refractivity contribution in [2.45, 2.75) is 73.4 Å². The van der Waals surface area contributed by atoms with E-state index in [0.29, 0.717) is 18.9 Å². The molecule has 2 aliphatic heterocycles. The molecule has 5 rings (SSSR count). The van der Waals surface area contributed by atoms with Gasteiger partial charge in [-0.3, -0.25) is 19.0 Å². The molecule has 0 spiro atoms. The van der Waals surface area contributed by atoms with Gasteiger partial charge in [0.1, 0.15) is 5.82 Å². The van der Waals surface area contributed by atoms with Crippen molar-refractivity contribution in [3.63, 3.8) is 0 Å². The number of rotatable bonds is 9. The third-order valence-corrected chi connectivity index (χ3v) is 11.2. The third kappa shape index (κ3) is 8.84. The molecule has 4 atom stereocenters. The van der Waals surface area contributed by atoms with Crippen LogP contribution in [0.4, 0.5) is 13.2 Å². The average Bonchev–Trinajstić information content (AvgIpc) is 3.24. The van der Waals surface area contributed by atoms with Crippen LogP contribution in [-0.4, -0.2) is 62.0 Å². The van der Waals surface area contributed by atoms with Crippen molar-refractivity contribution in [1.29, 1.82) is 0 Å². The molecule has 0 radical (unpaired) electrons. The second-order valence-corrected chi connectivity index (χ2v) is 15.2. The molecule has 10 nitrogen and oxygen atoms in total. The quantitative estimate of drug-likeness (QED) is 0.221. The molecule has 47 heavy (non-hydrogen) atoms. The fraction of sp³-hybridized carbons (Fsp3) is 0.375. The van der Waals surface area contributed by atoms with Crippen molar-refractivity contribution in [2.75, 3.05) is 6.54 Å². The molecule has 2 saturated heterocycles. The molecule has 2 fully saturated rings. The van der Waals surface area contributed by atoms with Crippen LogP contribution in [0.5, 0.6) is 0 Å². The number of carbonyl (C=O) groups is 2. The molecule has 0 aliphatic carbocycles. The topological polar surface area (TPSA) is 178 Å². The molecule has 1 amide bonds. The SMILES string of the molecule is Cc1ccc(S(=O)(=O)O)cc1.NC(=O)c1cccc(S(=O)(=O)C(=O)CCN2[C@@H]3CC[C@H]2C[C@H]([C@H](N)Cc2cc(F)c(F)cc2F)C3)c1. The van der Waals surface area contributed by atoms with Gasteiger partial charge in [-0.05, 0) is 86.9 Å². The molecule has 2 aliphatic rings. The van der Waals surface area contributed by atoms with Crippen LogP contribution in [0.3, 0.4) is 0 Å². The predicted molar refractivity (Wildman–Crippen MR) is 167 cm³/mol. The van der Waals surface area contributed by atoms with Crippen molar-refractivity contribution in [3.05, 3.63) is 94.8 Å². The van der Waals surface area contributed by atoms with E-state index in [2.05, 4.69) is 4.90 Å². The molecule has 0 unspecified atom stereocenters. The van der Waals surface area contributed by atoms with E-state index >= 15 is 0 Å². The van der Waals surface area contributed by atoms with E-state index in [0.717, 1.165) is 30.5 Å². The summed E-state index contributed by atoms with van der Waals surface area (Å²) in [5.41, 5.74) is 12.5. The number of hydrogen-bond donors (Lipinski definition) is 3. The molecule has 15 heteroatoms. The van der Waals surface area contributed by atoms with Crippen LogP contribution < -0.4 is 11.5 Å². The monoisotopic (exact) mass is 695 g/mol. The Morgan fingerprint density at radius 2 is 1.49 bits per heavy atom. The summed E-state index contributed by atoms with van der Waals surface area (Å²) in [6.45, 7) is 2.11. The first kappa shape index (κ1) is 36.2. The van der Waals surface area contributed by atoms with Crippen molar-refractivity contribution >= 4 is 31.0 Å². The Hall–Kier alpha value is -3.63. The smallest absolute Gasteiger partial charge is 0.294 e. The van der Waals surface area contributed by atoms with Crippen molar-refractivity contribution in [1.82, 2.24) is 4.90 Å². The first-order valence-corrected chi connectivity index (χ1v) is 17.8. The largest absolute Gasteiger partial charge is 0.366 e. The van der Waals surface area contributed by atoms with Gasteiger partial charge in [0.2, 0.25) is 15.7 Å². The average molecular weight is 696 g/mol. The summed E-state index contributed by atoms with van der Waals surface area (Å²) in [7, 11) is -8.29. The molecule has 2 bridgehead atoms. The van der Waals surface area contributed by atoms with Gasteiger partial charge in [-0.25, -0.2) is 21.6 Å². The third-order valence-electron chi connectivity index (χ3n) is 8.69. The van der Waals surface area contributed by atoms with E-state index in [1.165, 1.54) is 30.3 Å². The van der Waals surface area contributed by atoms with Crippen LogP contribution in [0.1, 0.15) is 53.6 Å². The summed E-state index contributed by atoms with van der Waals surface area (Å²) in [5, 5.41) is -0.934. The molecular formula is C32H36F3N3O7S2. The number of nitrogens with zero attached hydrogens (tertiary/aromatic N) is 1. The van der Waals surface area contributed by atoms with Gasteiger partial charge in [-0.15, -0.1) is 0 Å². The van der Waals surface area contributed by atoms with E-state index in [9.17, 15) is 39.6 Å².